The zero-order valence-electron chi connectivity index (χ0n) is 12.2. The van der Waals surface area contributed by atoms with Crippen LogP contribution in [-0.2, 0) is 7.05 Å². The molecule has 2 aromatic heterocycles. The predicted octanol–water partition coefficient (Wildman–Crippen LogP) is 5.02. The van der Waals surface area contributed by atoms with Gasteiger partial charge in [-0.25, -0.2) is 0 Å². The highest BCUT2D eigenvalue weighted by molar-refractivity contribution is 5.92. The molecule has 0 aliphatic heterocycles. The first-order valence-electron chi connectivity index (χ1n) is 6.12. The Morgan fingerprint density at radius 1 is 1.05 bits per heavy atom. The van der Waals surface area contributed by atoms with E-state index in [9.17, 15) is 0 Å². The van der Waals surface area contributed by atoms with E-state index in [0.29, 0.717) is 0 Å². The number of aromatic nitrogens is 2. The molecule has 0 saturated heterocycles. The van der Waals surface area contributed by atoms with E-state index in [1.807, 2.05) is 31.5 Å². The smallest absolute Gasteiger partial charge is 0.0675 e. The number of rotatable bonds is 3. The first-order chi connectivity index (χ1) is 9.71. The first-order valence-corrected chi connectivity index (χ1v) is 6.12. The fourth-order valence-electron chi connectivity index (χ4n) is 1.79. The van der Waals surface area contributed by atoms with E-state index in [1.54, 1.807) is 18.3 Å². The second-order valence-electron chi connectivity index (χ2n) is 3.63. The van der Waals surface area contributed by atoms with Gasteiger partial charge in [0.15, 0.2) is 0 Å². The van der Waals surface area contributed by atoms with E-state index in [-0.39, 0.29) is 0 Å². The highest BCUT2D eigenvalue weighted by Gasteiger charge is 2.09. The van der Waals surface area contributed by atoms with Gasteiger partial charge < -0.3 is 4.57 Å². The number of pyridine rings is 1. The lowest BCUT2D eigenvalue weighted by molar-refractivity contribution is 0.950. The minimum absolute atomic E-state index is 1.09. The molecule has 0 atom stereocenters. The van der Waals surface area contributed by atoms with E-state index < -0.39 is 0 Å². The molecule has 2 nitrogen and oxygen atoms in total. The minimum Gasteiger partial charge on any atom is -0.342 e. The van der Waals surface area contributed by atoms with E-state index in [1.165, 1.54) is 5.39 Å². The van der Waals surface area contributed by atoms with Crippen LogP contribution in [0.5, 0.6) is 0 Å². The lowest BCUT2D eigenvalue weighted by Crippen LogP contribution is -1.90. The van der Waals surface area contributed by atoms with Crippen LogP contribution in [-0.4, -0.2) is 9.55 Å². The Labute approximate surface area is 121 Å². The lowest BCUT2D eigenvalue weighted by Gasteiger charge is -1.97. The van der Waals surface area contributed by atoms with Crippen molar-refractivity contribution in [1.29, 1.82) is 0 Å². The Balaban J connectivity index is 0.000000521. The predicted molar refractivity (Wildman–Crippen MR) is 92.5 cm³/mol. The summed E-state index contributed by atoms with van der Waals surface area (Å²) in [5.41, 5.74) is 3.32. The first kappa shape index (κ1) is 17.4. The number of hydrogen-bond acceptors (Lipinski definition) is 1. The van der Waals surface area contributed by atoms with Crippen molar-refractivity contribution in [2.75, 3.05) is 0 Å². The van der Waals surface area contributed by atoms with E-state index in [4.69, 9.17) is 0 Å². The summed E-state index contributed by atoms with van der Waals surface area (Å²) in [5, 5.41) is 1.17. The summed E-state index contributed by atoms with van der Waals surface area (Å²) < 4.78 is 2.08. The van der Waals surface area contributed by atoms with Crippen LogP contribution in [0.4, 0.5) is 0 Å². The van der Waals surface area contributed by atoms with Gasteiger partial charge in [0.2, 0.25) is 0 Å². The molecule has 0 aliphatic carbocycles. The van der Waals surface area contributed by atoms with Crippen molar-refractivity contribution in [2.24, 2.45) is 7.05 Å². The molecule has 104 valence electrons. The molecule has 0 spiro atoms. The molecule has 0 radical (unpaired) electrons. The van der Waals surface area contributed by atoms with Crippen molar-refractivity contribution in [3.8, 4) is 0 Å². The monoisotopic (exact) mass is 266 g/mol. The normalized spacial score (nSPS) is 8.45. The zero-order chi connectivity index (χ0) is 15.5. The number of allylic oxidation sites excluding steroid dienone is 2. The van der Waals surface area contributed by atoms with Crippen molar-refractivity contribution in [3.63, 3.8) is 0 Å². The van der Waals surface area contributed by atoms with Crippen LogP contribution in [0.3, 0.4) is 0 Å². The van der Waals surface area contributed by atoms with Crippen LogP contribution in [0.25, 0.3) is 23.1 Å². The quantitative estimate of drug-likeness (QED) is 0.563. The van der Waals surface area contributed by atoms with Crippen LogP contribution in [0.15, 0.2) is 70.1 Å². The van der Waals surface area contributed by atoms with Gasteiger partial charge in [0.05, 0.1) is 11.7 Å². The summed E-state index contributed by atoms with van der Waals surface area (Å²) in [6, 6.07) is 2.00. The van der Waals surface area contributed by atoms with Crippen LogP contribution in [0.1, 0.15) is 11.3 Å². The molecule has 0 aromatic carbocycles. The van der Waals surface area contributed by atoms with Crippen LogP contribution in [0.2, 0.25) is 0 Å². The average Bonchev–Trinajstić information content (AvgIpc) is 2.81. The van der Waals surface area contributed by atoms with E-state index in [0.717, 1.165) is 16.8 Å². The van der Waals surface area contributed by atoms with Gasteiger partial charge in [-0.05, 0) is 12.1 Å². The SMILES string of the molecule is C=C.C=CC=C.C=Cc1c(C=C)n(C)c2cnccc12. The molecule has 0 N–H and O–H groups in total. The standard InChI is InChI=1S/C12H12N2.C4H6.C2H4/c1-4-9-10-6-7-13-8-12(10)14(3)11(9)5-2;1-3-4-2;1-2/h4-8H,1-2H2,3H3;3-4H,1-2H2;1-2H2. The second-order valence-corrected chi connectivity index (χ2v) is 3.63. The Bertz CT molecular complexity index is 597. The van der Waals surface area contributed by atoms with Crippen LogP contribution in [0, 0.1) is 0 Å². The number of fused-ring (bicyclic) bond motifs is 1. The Hall–Kier alpha value is -2.61. The summed E-state index contributed by atoms with van der Waals surface area (Å²) in [4.78, 5) is 4.11. The van der Waals surface area contributed by atoms with Gasteiger partial charge in [-0.15, -0.1) is 13.2 Å². The van der Waals surface area contributed by atoms with Gasteiger partial charge in [0.25, 0.3) is 0 Å². The second kappa shape index (κ2) is 9.34. The summed E-state index contributed by atoms with van der Waals surface area (Å²) in [5.74, 6) is 0. The van der Waals surface area contributed by atoms with E-state index in [2.05, 4.69) is 49.0 Å². The van der Waals surface area contributed by atoms with Crippen molar-refractivity contribution in [3.05, 3.63) is 81.3 Å². The minimum atomic E-state index is 1.09. The molecule has 0 amide bonds. The molecule has 20 heavy (non-hydrogen) atoms. The van der Waals surface area contributed by atoms with Gasteiger partial charge in [-0.2, -0.15) is 0 Å². The molecular weight excluding hydrogens is 244 g/mol. The largest absolute Gasteiger partial charge is 0.342 e. The summed E-state index contributed by atoms with van der Waals surface area (Å²) in [6.45, 7) is 20.4. The zero-order valence-corrected chi connectivity index (χ0v) is 12.2. The van der Waals surface area contributed by atoms with Crippen molar-refractivity contribution in [2.45, 2.75) is 0 Å². The summed E-state index contributed by atoms with van der Waals surface area (Å²) in [6.07, 6.45) is 10.6. The lowest BCUT2D eigenvalue weighted by atomic mass is 10.1. The van der Waals surface area contributed by atoms with Crippen molar-refractivity contribution in [1.82, 2.24) is 9.55 Å². The highest BCUT2D eigenvalue weighted by atomic mass is 15.0. The fourth-order valence-corrected chi connectivity index (χ4v) is 1.79. The maximum absolute atomic E-state index is 4.11. The van der Waals surface area contributed by atoms with Crippen LogP contribution < -0.4 is 0 Å². The third-order valence-electron chi connectivity index (χ3n) is 2.65. The Morgan fingerprint density at radius 2 is 1.65 bits per heavy atom. The molecule has 0 saturated carbocycles. The van der Waals surface area contributed by atoms with Gasteiger partial charge >= 0.3 is 0 Å². The number of aryl methyl sites for hydroxylation is 1. The Kier molecular flexibility index (Phi) is 8.12. The average molecular weight is 266 g/mol. The van der Waals surface area contributed by atoms with Gasteiger partial charge in [0.1, 0.15) is 0 Å². The molecular formula is C18H22N2. The van der Waals surface area contributed by atoms with Crippen molar-refractivity contribution < 1.29 is 0 Å². The van der Waals surface area contributed by atoms with Crippen molar-refractivity contribution >= 4 is 23.1 Å². The molecule has 0 fully saturated rings. The van der Waals surface area contributed by atoms with E-state index >= 15 is 0 Å². The fraction of sp³-hybridized carbons (Fsp3) is 0.0556. The van der Waals surface area contributed by atoms with Gasteiger partial charge in [0, 0.05) is 29.9 Å². The Morgan fingerprint density at radius 3 is 2.10 bits per heavy atom. The topological polar surface area (TPSA) is 17.8 Å². The third-order valence-corrected chi connectivity index (χ3v) is 2.65. The molecule has 0 aliphatic rings. The molecule has 2 heteroatoms. The number of hydrogen-bond donors (Lipinski definition) is 0. The highest BCUT2D eigenvalue weighted by Crippen LogP contribution is 2.25. The molecule has 0 bridgehead atoms. The summed E-state index contributed by atoms with van der Waals surface area (Å²) in [7, 11) is 2.01. The van der Waals surface area contributed by atoms with Gasteiger partial charge in [-0.3, -0.25) is 4.98 Å². The molecule has 0 unspecified atom stereocenters. The van der Waals surface area contributed by atoms with Crippen LogP contribution >= 0.6 is 0 Å². The van der Waals surface area contributed by atoms with Gasteiger partial charge in [-0.1, -0.05) is 44.5 Å². The molecule has 2 aromatic rings. The maximum atomic E-state index is 4.11. The number of nitrogens with zero attached hydrogens (tertiary/aromatic N) is 2. The maximum Gasteiger partial charge on any atom is 0.0675 e. The molecule has 2 rings (SSSR count). The summed E-state index contributed by atoms with van der Waals surface area (Å²) >= 11 is 0. The molecule has 2 heterocycles. The third kappa shape index (κ3) is 3.69.